The summed E-state index contributed by atoms with van der Waals surface area (Å²) in [4.78, 5) is 14.6. The van der Waals surface area contributed by atoms with Gasteiger partial charge < -0.3 is 0 Å². The minimum atomic E-state index is -0.619. The molecule has 0 amide bonds. The molecule has 4 rings (SSSR count). The Morgan fingerprint density at radius 2 is 1.38 bits per heavy atom. The number of anilines is 2. The zero-order chi connectivity index (χ0) is 17.9. The van der Waals surface area contributed by atoms with E-state index in [1.807, 2.05) is 24.3 Å². The number of nitrogens with two attached hydrogens (primary N) is 1. The van der Waals surface area contributed by atoms with Gasteiger partial charge in [0.05, 0.1) is 0 Å². The molecule has 0 bridgehead atoms. The Morgan fingerprint density at radius 3 is 1.96 bits per heavy atom. The van der Waals surface area contributed by atoms with Crippen LogP contribution in [-0.2, 0) is 4.74 Å². The molecule has 0 radical (unpaired) electrons. The maximum atomic E-state index is 12.2. The number of nitrogen functional groups attached to an aromatic ring is 1. The molecule has 1 aromatic heterocycles. The van der Waals surface area contributed by atoms with Gasteiger partial charge in [0.2, 0.25) is 0 Å². The second kappa shape index (κ2) is 7.67. The number of benzene rings is 2. The summed E-state index contributed by atoms with van der Waals surface area (Å²) in [6.07, 6.45) is 0. The quantitative estimate of drug-likeness (QED) is 0.483. The van der Waals surface area contributed by atoms with Crippen molar-refractivity contribution >= 4 is 31.8 Å². The van der Waals surface area contributed by atoms with Gasteiger partial charge in [0.15, 0.2) is 0 Å². The van der Waals surface area contributed by atoms with Crippen LogP contribution in [0.2, 0.25) is 0 Å². The van der Waals surface area contributed by atoms with Gasteiger partial charge in [0.25, 0.3) is 0 Å². The summed E-state index contributed by atoms with van der Waals surface area (Å²) < 4.78 is 7.76. The zero-order valence-electron chi connectivity index (χ0n) is 14.4. The van der Waals surface area contributed by atoms with Crippen LogP contribution < -0.4 is 16.1 Å². The summed E-state index contributed by atoms with van der Waals surface area (Å²) in [6.45, 7) is 3.42. The average molecular weight is 460 g/mol. The van der Waals surface area contributed by atoms with Crippen LogP contribution in [0, 0.1) is 0 Å². The first-order valence-electron chi connectivity index (χ1n) is 8.63. The van der Waals surface area contributed by atoms with Gasteiger partial charge in [-0.2, -0.15) is 0 Å². The summed E-state index contributed by atoms with van der Waals surface area (Å²) in [6, 6.07) is 20.0. The van der Waals surface area contributed by atoms with Gasteiger partial charge in [0.1, 0.15) is 0 Å². The van der Waals surface area contributed by atoms with Crippen molar-refractivity contribution in [3.63, 3.8) is 0 Å². The van der Waals surface area contributed by atoms with Crippen LogP contribution >= 0.6 is 0 Å². The third-order valence-corrected chi connectivity index (χ3v) is 7.76. The van der Waals surface area contributed by atoms with Crippen molar-refractivity contribution in [3.05, 3.63) is 70.9 Å². The van der Waals surface area contributed by atoms with E-state index in [9.17, 15) is 4.79 Å². The summed E-state index contributed by atoms with van der Waals surface area (Å²) in [5, 5.41) is 0. The van der Waals surface area contributed by atoms with Crippen LogP contribution in [0.1, 0.15) is 0 Å². The van der Waals surface area contributed by atoms with Gasteiger partial charge in [-0.1, -0.05) is 0 Å². The number of nitrogens with zero attached hydrogens (tertiary/aromatic N) is 1. The summed E-state index contributed by atoms with van der Waals surface area (Å²) in [5.41, 5.74) is 10.1. The van der Waals surface area contributed by atoms with Gasteiger partial charge in [-0.3, -0.25) is 0 Å². The molecule has 0 unspecified atom stereocenters. The topological polar surface area (TPSA) is 55.6 Å². The first kappa shape index (κ1) is 17.4. The number of morpholine rings is 1. The van der Waals surface area contributed by atoms with Crippen LogP contribution in [0.15, 0.2) is 65.5 Å². The Kier molecular flexibility index (Phi) is 5.12. The minimum absolute atomic E-state index is 0.0698. The Labute approximate surface area is 162 Å². The van der Waals surface area contributed by atoms with E-state index in [2.05, 4.69) is 29.2 Å². The molecule has 2 N–H and O–H groups in total. The van der Waals surface area contributed by atoms with Crippen molar-refractivity contribution < 1.29 is 4.74 Å². The van der Waals surface area contributed by atoms with Crippen LogP contribution in [0.5, 0.6) is 0 Å². The molecule has 2 heterocycles. The van der Waals surface area contributed by atoms with Crippen LogP contribution in [0.4, 0.5) is 11.4 Å². The fourth-order valence-electron chi connectivity index (χ4n) is 3.07. The molecule has 0 atom stereocenters. The van der Waals surface area contributed by atoms with Crippen molar-refractivity contribution in [1.29, 1.82) is 0 Å². The number of ether oxygens (including phenoxy) is 1. The molecule has 0 saturated carbocycles. The molecular formula is C21H20N2O2Te. The van der Waals surface area contributed by atoms with Crippen LogP contribution in [0.25, 0.3) is 18.3 Å². The van der Waals surface area contributed by atoms with E-state index in [-0.39, 0.29) is 5.43 Å². The van der Waals surface area contributed by atoms with E-state index in [0.717, 1.165) is 46.7 Å². The van der Waals surface area contributed by atoms with Gasteiger partial charge in [-0.25, -0.2) is 0 Å². The standard InChI is InChI=1S/C21H20N2O2Te/c22-17-5-1-15(2-6-17)20-13-19(24)14-21(26-20)16-3-7-18(8-4-16)23-9-11-25-12-10-23/h1-8,13-14H,9-12,22H2. The summed E-state index contributed by atoms with van der Waals surface area (Å²) in [7, 11) is 0. The molecule has 0 spiro atoms. The van der Waals surface area contributed by atoms with E-state index in [1.165, 1.54) is 9.27 Å². The van der Waals surface area contributed by atoms with E-state index in [0.29, 0.717) is 0 Å². The molecule has 26 heavy (non-hydrogen) atoms. The van der Waals surface area contributed by atoms with E-state index < -0.39 is 20.4 Å². The predicted octanol–water partition coefficient (Wildman–Crippen LogP) is 2.86. The summed E-state index contributed by atoms with van der Waals surface area (Å²) in [5.74, 6) is 0. The van der Waals surface area contributed by atoms with Gasteiger partial charge in [-0.15, -0.1) is 0 Å². The maximum absolute atomic E-state index is 12.2. The Morgan fingerprint density at radius 1 is 0.846 bits per heavy atom. The fraction of sp³-hybridized carbons (Fsp3) is 0.190. The van der Waals surface area contributed by atoms with Crippen molar-refractivity contribution in [1.82, 2.24) is 0 Å². The molecule has 0 aliphatic carbocycles. The van der Waals surface area contributed by atoms with Gasteiger partial charge in [0, 0.05) is 0 Å². The normalized spacial score (nSPS) is 14.4. The molecule has 3 aromatic rings. The zero-order valence-corrected chi connectivity index (χ0v) is 16.7. The number of rotatable bonds is 3. The van der Waals surface area contributed by atoms with Crippen LogP contribution in [0.3, 0.4) is 0 Å². The number of hydrogen-bond acceptors (Lipinski definition) is 4. The van der Waals surface area contributed by atoms with Crippen molar-refractivity contribution in [2.75, 3.05) is 36.9 Å². The fourth-order valence-corrected chi connectivity index (χ4v) is 6.19. The third kappa shape index (κ3) is 3.86. The molecule has 2 aromatic carbocycles. The summed E-state index contributed by atoms with van der Waals surface area (Å²) >= 11 is -0.619. The molecule has 5 heteroatoms. The Hall–Kier alpha value is -2.06. The average Bonchev–Trinajstić information content (AvgIpc) is 2.69. The van der Waals surface area contributed by atoms with Crippen molar-refractivity contribution in [2.45, 2.75) is 0 Å². The molecule has 4 nitrogen and oxygen atoms in total. The molecule has 132 valence electrons. The third-order valence-electron chi connectivity index (χ3n) is 4.49. The predicted molar refractivity (Wildman–Crippen MR) is 108 cm³/mol. The van der Waals surface area contributed by atoms with E-state index in [1.54, 1.807) is 12.1 Å². The monoisotopic (exact) mass is 462 g/mol. The molecule has 1 fully saturated rings. The SMILES string of the molecule is Nc1ccc(-c2cc(=O)cc(-c3ccc(N4CCOCC4)cc3)[te]2)cc1. The Bertz CT molecular complexity index is 943. The number of hydrogen-bond donors (Lipinski definition) is 1. The van der Waals surface area contributed by atoms with Crippen molar-refractivity contribution in [3.8, 4) is 18.3 Å². The second-order valence-electron chi connectivity index (χ2n) is 6.29. The molecule has 1 saturated heterocycles. The van der Waals surface area contributed by atoms with Gasteiger partial charge in [-0.05, 0) is 0 Å². The molecule has 1 aliphatic heterocycles. The Balaban J connectivity index is 1.65. The molecular weight excluding hydrogens is 440 g/mol. The van der Waals surface area contributed by atoms with Crippen molar-refractivity contribution in [2.24, 2.45) is 0 Å². The molecule has 1 aliphatic rings. The van der Waals surface area contributed by atoms with E-state index in [4.69, 9.17) is 10.5 Å². The first-order valence-corrected chi connectivity index (χ1v) is 11.0. The van der Waals surface area contributed by atoms with Crippen LogP contribution in [-0.4, -0.2) is 46.7 Å². The van der Waals surface area contributed by atoms with E-state index >= 15 is 0 Å². The first-order chi connectivity index (χ1) is 12.7. The second-order valence-corrected chi connectivity index (χ2v) is 9.38. The van der Waals surface area contributed by atoms with Gasteiger partial charge >= 0.3 is 163 Å².